The van der Waals surface area contributed by atoms with Gasteiger partial charge in [-0.1, -0.05) is 13.3 Å². The highest BCUT2D eigenvalue weighted by Gasteiger charge is 2.00. The Kier molecular flexibility index (Phi) is 4.56. The molecule has 2 nitrogen and oxygen atoms in total. The second-order valence-corrected chi connectivity index (χ2v) is 1.70. The van der Waals surface area contributed by atoms with Gasteiger partial charge in [-0.05, 0) is 6.42 Å². The van der Waals surface area contributed by atoms with Gasteiger partial charge in [-0.3, -0.25) is 0 Å². The Bertz CT molecular complexity index is 61.5. The molecule has 0 spiro atoms. The van der Waals surface area contributed by atoms with Crippen LogP contribution < -0.4 is 0 Å². The van der Waals surface area contributed by atoms with Gasteiger partial charge in [0.05, 0.1) is 0 Å². The molecule has 0 saturated heterocycles. The molecule has 0 aliphatic rings. The van der Waals surface area contributed by atoms with Crippen LogP contribution in [0.4, 0.5) is 0 Å². The van der Waals surface area contributed by atoms with Crippen molar-refractivity contribution < 1.29 is 9.53 Å². The van der Waals surface area contributed by atoms with Crippen LogP contribution in [0.3, 0.4) is 0 Å². The van der Waals surface area contributed by atoms with Crippen molar-refractivity contribution in [2.45, 2.75) is 25.9 Å². The molecule has 8 heavy (non-hydrogen) atoms. The molecule has 0 aromatic heterocycles. The number of hydrogen-bond acceptors (Lipinski definition) is 2. The molecule has 48 valence electrons. The average Bonchev–Trinajstić information content (AvgIpc) is 1.83. The second-order valence-electron chi connectivity index (χ2n) is 1.70. The molecule has 0 bridgehead atoms. The summed E-state index contributed by atoms with van der Waals surface area (Å²) in [5, 5.41) is 0. The number of hydrogen-bond donors (Lipinski definition) is 0. The van der Waals surface area contributed by atoms with E-state index in [9.17, 15) is 4.79 Å². The summed E-state index contributed by atoms with van der Waals surface area (Å²) in [6, 6.07) is 0. The standard InChI is InChI=1S/C6H12O2/c1-3-4-6(5-7)8-2/h5-6H,3-4H2,1-2H3/t6-/m1/s1. The molecular formula is C6H12O2. The first-order valence-corrected chi connectivity index (χ1v) is 2.83. The molecule has 0 radical (unpaired) electrons. The molecule has 0 aliphatic carbocycles. The molecule has 0 rings (SSSR count). The van der Waals surface area contributed by atoms with Crippen molar-refractivity contribution in [1.29, 1.82) is 0 Å². The lowest BCUT2D eigenvalue weighted by molar-refractivity contribution is -0.116. The van der Waals surface area contributed by atoms with Gasteiger partial charge in [0.25, 0.3) is 0 Å². The second kappa shape index (κ2) is 4.78. The van der Waals surface area contributed by atoms with E-state index in [1.165, 1.54) is 0 Å². The minimum absolute atomic E-state index is 0.181. The van der Waals surface area contributed by atoms with Gasteiger partial charge in [-0.25, -0.2) is 0 Å². The number of ether oxygens (including phenoxy) is 1. The number of carbonyl (C=O) groups excluding carboxylic acids is 1. The molecule has 0 amide bonds. The first kappa shape index (κ1) is 7.63. The van der Waals surface area contributed by atoms with Crippen molar-refractivity contribution in [1.82, 2.24) is 0 Å². The molecule has 0 unspecified atom stereocenters. The maximum absolute atomic E-state index is 10.0. The maximum Gasteiger partial charge on any atom is 0.148 e. The van der Waals surface area contributed by atoms with E-state index in [-0.39, 0.29) is 6.10 Å². The lowest BCUT2D eigenvalue weighted by Crippen LogP contribution is -2.10. The minimum Gasteiger partial charge on any atom is -0.374 e. The summed E-state index contributed by atoms with van der Waals surface area (Å²) in [6.45, 7) is 2.02. The number of aldehydes is 1. The molecule has 0 fully saturated rings. The lowest BCUT2D eigenvalue weighted by atomic mass is 10.2. The Balaban J connectivity index is 3.21. The monoisotopic (exact) mass is 116 g/mol. The zero-order chi connectivity index (χ0) is 6.41. The third-order valence-electron chi connectivity index (χ3n) is 1.03. The Morgan fingerprint density at radius 2 is 2.38 bits per heavy atom. The molecular weight excluding hydrogens is 104 g/mol. The molecule has 0 N–H and O–H groups in total. The van der Waals surface area contributed by atoms with Crippen LogP contribution in [0, 0.1) is 0 Å². The summed E-state index contributed by atoms with van der Waals surface area (Å²) < 4.78 is 4.77. The highest BCUT2D eigenvalue weighted by Crippen LogP contribution is 1.95. The van der Waals surface area contributed by atoms with Crippen LogP contribution >= 0.6 is 0 Å². The highest BCUT2D eigenvalue weighted by molar-refractivity contribution is 5.55. The van der Waals surface area contributed by atoms with Gasteiger partial charge in [0.2, 0.25) is 0 Å². The highest BCUT2D eigenvalue weighted by atomic mass is 16.5. The topological polar surface area (TPSA) is 26.3 Å². The Morgan fingerprint density at radius 3 is 2.50 bits per heavy atom. The molecule has 0 heterocycles. The van der Waals surface area contributed by atoms with E-state index < -0.39 is 0 Å². The summed E-state index contributed by atoms with van der Waals surface area (Å²) in [5.41, 5.74) is 0. The van der Waals surface area contributed by atoms with Crippen molar-refractivity contribution in [2.24, 2.45) is 0 Å². The van der Waals surface area contributed by atoms with E-state index in [0.29, 0.717) is 0 Å². The van der Waals surface area contributed by atoms with Gasteiger partial charge in [0.1, 0.15) is 12.4 Å². The van der Waals surface area contributed by atoms with Gasteiger partial charge in [0.15, 0.2) is 0 Å². The SMILES string of the molecule is CCC[C@H](C=O)OC. The van der Waals surface area contributed by atoms with Crippen LogP contribution in [-0.2, 0) is 9.53 Å². The van der Waals surface area contributed by atoms with E-state index in [1.807, 2.05) is 6.92 Å². The minimum atomic E-state index is -0.181. The predicted molar refractivity (Wildman–Crippen MR) is 31.8 cm³/mol. The number of rotatable bonds is 4. The average molecular weight is 116 g/mol. The van der Waals surface area contributed by atoms with Crippen LogP contribution in [-0.4, -0.2) is 19.5 Å². The fourth-order valence-electron chi connectivity index (χ4n) is 0.526. The van der Waals surface area contributed by atoms with Crippen molar-refractivity contribution in [3.8, 4) is 0 Å². The zero-order valence-corrected chi connectivity index (χ0v) is 5.39. The Labute approximate surface area is 49.8 Å². The number of carbonyl (C=O) groups is 1. The van der Waals surface area contributed by atoms with Crippen molar-refractivity contribution >= 4 is 6.29 Å². The van der Waals surface area contributed by atoms with E-state index in [4.69, 9.17) is 4.74 Å². The lowest BCUT2D eigenvalue weighted by Gasteiger charge is -2.03. The smallest absolute Gasteiger partial charge is 0.148 e. The van der Waals surface area contributed by atoms with Crippen LogP contribution in [0.1, 0.15) is 19.8 Å². The van der Waals surface area contributed by atoms with E-state index in [2.05, 4.69) is 0 Å². The molecule has 2 heteroatoms. The Hall–Kier alpha value is -0.370. The fourth-order valence-corrected chi connectivity index (χ4v) is 0.526. The molecule has 0 aromatic carbocycles. The van der Waals surface area contributed by atoms with Crippen LogP contribution in [0.5, 0.6) is 0 Å². The molecule has 0 saturated carbocycles. The number of methoxy groups -OCH3 is 1. The van der Waals surface area contributed by atoms with E-state index >= 15 is 0 Å². The maximum atomic E-state index is 10.0. The molecule has 0 aliphatic heterocycles. The zero-order valence-electron chi connectivity index (χ0n) is 5.39. The Morgan fingerprint density at radius 1 is 1.75 bits per heavy atom. The van der Waals surface area contributed by atoms with Gasteiger partial charge >= 0.3 is 0 Å². The first-order valence-electron chi connectivity index (χ1n) is 2.83. The van der Waals surface area contributed by atoms with Crippen LogP contribution in [0.25, 0.3) is 0 Å². The normalized spacial score (nSPS) is 13.2. The van der Waals surface area contributed by atoms with E-state index in [0.717, 1.165) is 19.1 Å². The van der Waals surface area contributed by atoms with Crippen LogP contribution in [0.2, 0.25) is 0 Å². The summed E-state index contributed by atoms with van der Waals surface area (Å²) >= 11 is 0. The van der Waals surface area contributed by atoms with Gasteiger partial charge in [-0.15, -0.1) is 0 Å². The molecule has 1 atom stereocenters. The van der Waals surface area contributed by atoms with Crippen molar-refractivity contribution in [2.75, 3.05) is 7.11 Å². The molecule has 0 aromatic rings. The van der Waals surface area contributed by atoms with E-state index in [1.54, 1.807) is 7.11 Å². The van der Waals surface area contributed by atoms with Gasteiger partial charge < -0.3 is 9.53 Å². The van der Waals surface area contributed by atoms with Crippen LogP contribution in [0.15, 0.2) is 0 Å². The fraction of sp³-hybridized carbons (Fsp3) is 0.833. The summed E-state index contributed by atoms with van der Waals surface area (Å²) in [6.07, 6.45) is 2.49. The summed E-state index contributed by atoms with van der Waals surface area (Å²) in [4.78, 5) is 10.0. The predicted octanol–water partition coefficient (Wildman–Crippen LogP) is 1.00. The summed E-state index contributed by atoms with van der Waals surface area (Å²) in [5.74, 6) is 0. The summed E-state index contributed by atoms with van der Waals surface area (Å²) in [7, 11) is 1.55. The third kappa shape index (κ3) is 2.75. The van der Waals surface area contributed by atoms with Crippen molar-refractivity contribution in [3.63, 3.8) is 0 Å². The first-order chi connectivity index (χ1) is 3.85. The van der Waals surface area contributed by atoms with Gasteiger partial charge in [-0.2, -0.15) is 0 Å². The third-order valence-corrected chi connectivity index (χ3v) is 1.03. The van der Waals surface area contributed by atoms with Crippen molar-refractivity contribution in [3.05, 3.63) is 0 Å². The quantitative estimate of drug-likeness (QED) is 0.512. The largest absolute Gasteiger partial charge is 0.374 e. The van der Waals surface area contributed by atoms with Gasteiger partial charge in [0, 0.05) is 7.11 Å².